The number of urea groups is 1. The number of hydrogen-bond acceptors (Lipinski definition) is 3. The van der Waals surface area contributed by atoms with E-state index in [4.69, 9.17) is 0 Å². The van der Waals surface area contributed by atoms with Crippen LogP contribution >= 0.6 is 0 Å². The van der Waals surface area contributed by atoms with Crippen LogP contribution in [-0.4, -0.2) is 64.5 Å². The van der Waals surface area contributed by atoms with Crippen molar-refractivity contribution in [1.29, 1.82) is 0 Å². The molecule has 2 amide bonds. The van der Waals surface area contributed by atoms with Gasteiger partial charge in [0.05, 0.1) is 28.6 Å². The summed E-state index contributed by atoms with van der Waals surface area (Å²) in [5, 5.41) is 9.72. The zero-order valence-corrected chi connectivity index (χ0v) is 23.8. The van der Waals surface area contributed by atoms with Gasteiger partial charge in [-0.15, -0.1) is 0 Å². The van der Waals surface area contributed by atoms with Crippen molar-refractivity contribution >= 4 is 12.0 Å². The molecule has 2 heterocycles. The Hall–Kier alpha value is -3.35. The van der Waals surface area contributed by atoms with E-state index < -0.39 is 58.8 Å². The largest absolute Gasteiger partial charge is 0.481 e. The predicted molar refractivity (Wildman–Crippen MR) is 141 cm³/mol. The number of aliphatic carboxylic acids is 1. The molecule has 3 fully saturated rings. The summed E-state index contributed by atoms with van der Waals surface area (Å²) in [5.74, 6) is -1.22. The Morgan fingerprint density at radius 2 is 1.67 bits per heavy atom. The summed E-state index contributed by atoms with van der Waals surface area (Å²) < 4.78 is 95.0. The topological polar surface area (TPSA) is 64.1 Å². The fraction of sp³-hybridized carbons (Fsp3) is 0.533. The number of fused-ring (bicyclic) bond motifs is 1. The molecule has 43 heavy (non-hydrogen) atoms. The van der Waals surface area contributed by atoms with E-state index in [1.807, 2.05) is 0 Å². The highest BCUT2D eigenvalue weighted by Crippen LogP contribution is 2.59. The van der Waals surface area contributed by atoms with Crippen LogP contribution in [0.4, 0.5) is 35.5 Å². The van der Waals surface area contributed by atoms with Crippen LogP contribution in [0, 0.1) is 24.1 Å². The molecule has 3 aliphatic rings. The lowest BCUT2D eigenvalue weighted by molar-refractivity contribution is -0.144. The monoisotopic (exact) mass is 615 g/mol. The first-order chi connectivity index (χ1) is 19.9. The average Bonchev–Trinajstić information content (AvgIpc) is 3.51. The van der Waals surface area contributed by atoms with E-state index in [0.717, 1.165) is 4.90 Å². The number of carboxylic acid groups (broad SMARTS) is 1. The van der Waals surface area contributed by atoms with E-state index >= 15 is 0 Å². The molecule has 1 N–H and O–H groups in total. The molecule has 0 spiro atoms. The van der Waals surface area contributed by atoms with Crippen molar-refractivity contribution in [2.24, 2.45) is 11.3 Å². The van der Waals surface area contributed by atoms with E-state index in [9.17, 15) is 45.4 Å². The average molecular weight is 616 g/mol. The summed E-state index contributed by atoms with van der Waals surface area (Å²) in [5.41, 5.74) is -2.75. The summed E-state index contributed by atoms with van der Waals surface area (Å²) >= 11 is 0. The molecule has 0 bridgehead atoms. The molecule has 5 atom stereocenters. The third-order valence-corrected chi connectivity index (χ3v) is 9.50. The lowest BCUT2D eigenvalue weighted by atomic mass is 9.88. The second kappa shape index (κ2) is 10.7. The Kier molecular flexibility index (Phi) is 7.72. The molecule has 2 aromatic rings. The zero-order chi connectivity index (χ0) is 31.6. The minimum Gasteiger partial charge on any atom is -0.481 e. The molecule has 2 aromatic carbocycles. The van der Waals surface area contributed by atoms with Crippen molar-refractivity contribution in [2.45, 2.75) is 63.6 Å². The van der Waals surface area contributed by atoms with Crippen molar-refractivity contribution < 1.29 is 45.4 Å². The van der Waals surface area contributed by atoms with Crippen molar-refractivity contribution in [1.82, 2.24) is 14.7 Å². The molecule has 0 radical (unpaired) electrons. The van der Waals surface area contributed by atoms with Gasteiger partial charge in [-0.3, -0.25) is 9.69 Å². The first kappa shape index (κ1) is 31.1. The van der Waals surface area contributed by atoms with Crippen molar-refractivity contribution in [3.8, 4) is 0 Å². The predicted octanol–water partition coefficient (Wildman–Crippen LogP) is 6.90. The van der Waals surface area contributed by atoms with Crippen LogP contribution in [0.2, 0.25) is 0 Å². The van der Waals surface area contributed by atoms with Gasteiger partial charge in [-0.05, 0) is 86.1 Å². The second-order valence-corrected chi connectivity index (χ2v) is 12.1. The molecular formula is C30H32F7N3O3. The lowest BCUT2D eigenvalue weighted by Crippen LogP contribution is -2.52. The van der Waals surface area contributed by atoms with Gasteiger partial charge in [0.15, 0.2) is 0 Å². The van der Waals surface area contributed by atoms with Crippen molar-refractivity contribution in [3.05, 3.63) is 70.0 Å². The van der Waals surface area contributed by atoms with Crippen LogP contribution in [0.1, 0.15) is 66.1 Å². The number of likely N-dealkylation sites (tertiary alicyclic amines) is 2. The standard InChI is InChI=1S/C30H32F7N3O3/c1-16-8-22(31)4-5-24(16)25-12-23(39-14-21-13-28(21,15-39)26(41)42)6-7-40(25)27(43)38(3)17(2)18-9-19(29(32,33)34)11-20(10-18)30(35,36)37/h4-5,8-11,17,21,23,25H,6-7,12-15H2,1-3H3,(H,41,42)/t17-,21?,23?,25?,28?/m1/s1. The lowest BCUT2D eigenvalue weighted by Gasteiger charge is -2.45. The van der Waals surface area contributed by atoms with Crippen LogP contribution < -0.4 is 0 Å². The van der Waals surface area contributed by atoms with Crippen LogP contribution in [0.3, 0.4) is 0 Å². The molecule has 13 heteroatoms. The number of halogens is 7. The fourth-order valence-corrected chi connectivity index (χ4v) is 6.76. The Bertz CT molecular complexity index is 1400. The molecule has 2 aliphatic heterocycles. The van der Waals surface area contributed by atoms with Crippen LogP contribution in [0.15, 0.2) is 36.4 Å². The Morgan fingerprint density at radius 3 is 2.21 bits per heavy atom. The molecule has 4 unspecified atom stereocenters. The summed E-state index contributed by atoms with van der Waals surface area (Å²) in [7, 11) is 1.33. The molecule has 1 aliphatic carbocycles. The van der Waals surface area contributed by atoms with Crippen LogP contribution in [-0.2, 0) is 17.1 Å². The number of aryl methyl sites for hydroxylation is 1. The number of carbonyl (C=O) groups is 2. The highest BCUT2D eigenvalue weighted by atomic mass is 19.4. The number of rotatable bonds is 5. The molecule has 2 saturated heterocycles. The number of hydrogen-bond donors (Lipinski definition) is 1. The molecule has 234 valence electrons. The fourth-order valence-electron chi connectivity index (χ4n) is 6.76. The van der Waals surface area contributed by atoms with E-state index in [0.29, 0.717) is 55.6 Å². The maximum atomic E-state index is 14.0. The van der Waals surface area contributed by atoms with Gasteiger partial charge >= 0.3 is 24.4 Å². The minimum absolute atomic E-state index is 0.0486. The third kappa shape index (κ3) is 5.80. The normalized spacial score (nSPS) is 26.7. The van der Waals surface area contributed by atoms with Gasteiger partial charge in [-0.1, -0.05) is 6.07 Å². The van der Waals surface area contributed by atoms with E-state index in [1.165, 1.54) is 31.0 Å². The SMILES string of the molecule is Cc1cc(F)ccc1C1CC(N2CC3CC3(C(=O)O)C2)CCN1C(=O)N(C)[C@H](C)c1cc(C(F)(F)F)cc(C(F)(F)F)c1. The number of alkyl halides is 6. The smallest absolute Gasteiger partial charge is 0.416 e. The summed E-state index contributed by atoms with van der Waals surface area (Å²) in [6, 6.07) is 3.07. The second-order valence-electron chi connectivity index (χ2n) is 12.1. The van der Waals surface area contributed by atoms with Gasteiger partial charge in [-0.2, -0.15) is 26.3 Å². The number of piperidine rings is 2. The first-order valence-corrected chi connectivity index (χ1v) is 14.0. The number of nitrogens with zero attached hydrogens (tertiary/aromatic N) is 3. The highest BCUT2D eigenvalue weighted by Gasteiger charge is 2.66. The Morgan fingerprint density at radius 1 is 1.05 bits per heavy atom. The van der Waals surface area contributed by atoms with Gasteiger partial charge in [0, 0.05) is 32.7 Å². The maximum absolute atomic E-state index is 14.0. The van der Waals surface area contributed by atoms with Crippen molar-refractivity contribution in [2.75, 3.05) is 26.7 Å². The summed E-state index contributed by atoms with van der Waals surface area (Å²) in [6.45, 7) is 4.28. The quantitative estimate of drug-likeness (QED) is 0.372. The van der Waals surface area contributed by atoms with Crippen LogP contribution in [0.5, 0.6) is 0 Å². The van der Waals surface area contributed by atoms with Crippen molar-refractivity contribution in [3.63, 3.8) is 0 Å². The summed E-state index contributed by atoms with van der Waals surface area (Å²) in [6.07, 6.45) is -8.52. The number of amides is 2. The van der Waals surface area contributed by atoms with Gasteiger partial charge in [0.2, 0.25) is 0 Å². The molecule has 0 aromatic heterocycles. The molecule has 6 nitrogen and oxygen atoms in total. The van der Waals surface area contributed by atoms with Crippen LogP contribution in [0.25, 0.3) is 0 Å². The number of carboxylic acids is 1. The zero-order valence-electron chi connectivity index (χ0n) is 23.8. The maximum Gasteiger partial charge on any atom is 0.416 e. The molecule has 1 saturated carbocycles. The third-order valence-electron chi connectivity index (χ3n) is 9.50. The van der Waals surface area contributed by atoms with Gasteiger partial charge in [-0.25, -0.2) is 9.18 Å². The minimum atomic E-state index is -5.03. The van der Waals surface area contributed by atoms with Gasteiger partial charge < -0.3 is 14.9 Å². The van der Waals surface area contributed by atoms with E-state index in [2.05, 4.69) is 4.90 Å². The van der Waals surface area contributed by atoms with Gasteiger partial charge in [0.1, 0.15) is 5.82 Å². The number of benzene rings is 2. The van der Waals surface area contributed by atoms with Gasteiger partial charge in [0.25, 0.3) is 0 Å². The Labute approximate surface area is 244 Å². The summed E-state index contributed by atoms with van der Waals surface area (Å²) in [4.78, 5) is 30.5. The Balaban J connectivity index is 1.43. The van der Waals surface area contributed by atoms with E-state index in [1.54, 1.807) is 13.0 Å². The molecule has 5 rings (SSSR count). The van der Waals surface area contributed by atoms with E-state index in [-0.39, 0.29) is 30.1 Å². The highest BCUT2D eigenvalue weighted by molar-refractivity contribution is 5.79. The number of carbonyl (C=O) groups excluding carboxylic acids is 1. The first-order valence-electron chi connectivity index (χ1n) is 14.0. The molecular weight excluding hydrogens is 583 g/mol.